The molecule has 4 rings (SSSR count). The Bertz CT molecular complexity index is 1190. The quantitative estimate of drug-likeness (QED) is 0.623. The molecule has 0 radical (unpaired) electrons. The summed E-state index contributed by atoms with van der Waals surface area (Å²) in [5, 5.41) is 14.4. The standard InChI is InChI=1S/C19H24N8O3S/c1-13-20-18(12-25(13)3)31(29,30)26-9-7-15(8-10-26)19(28)21-16-5-4-6-17(11-16)27-14(2)22-23-24-27/h4-6,11-12,15H,7-10H2,1-3H3,(H,21,28). The number of nitrogens with one attached hydrogen (secondary N) is 1. The summed E-state index contributed by atoms with van der Waals surface area (Å²) in [6.45, 7) is 4.10. The van der Waals surface area contributed by atoms with Crippen LogP contribution in [0.3, 0.4) is 0 Å². The Labute approximate surface area is 180 Å². The van der Waals surface area contributed by atoms with Gasteiger partial charge in [0.25, 0.3) is 10.0 Å². The molecule has 2 aromatic heterocycles. The summed E-state index contributed by atoms with van der Waals surface area (Å²) >= 11 is 0. The first kappa shape index (κ1) is 21.1. The van der Waals surface area contributed by atoms with Crippen LogP contribution in [0.5, 0.6) is 0 Å². The average Bonchev–Trinajstić information content (AvgIpc) is 3.33. The maximum atomic E-state index is 12.8. The largest absolute Gasteiger partial charge is 0.337 e. The lowest BCUT2D eigenvalue weighted by atomic mass is 9.97. The predicted molar refractivity (Wildman–Crippen MR) is 112 cm³/mol. The van der Waals surface area contributed by atoms with Crippen LogP contribution >= 0.6 is 0 Å². The van der Waals surface area contributed by atoms with Crippen molar-refractivity contribution in [2.24, 2.45) is 13.0 Å². The highest BCUT2D eigenvalue weighted by atomic mass is 32.2. The van der Waals surface area contributed by atoms with Gasteiger partial charge in [0.05, 0.1) is 5.69 Å². The van der Waals surface area contributed by atoms with Crippen LogP contribution in [0.1, 0.15) is 24.5 Å². The Balaban J connectivity index is 1.39. The summed E-state index contributed by atoms with van der Waals surface area (Å²) in [6.07, 6.45) is 2.41. The van der Waals surface area contributed by atoms with Gasteiger partial charge in [0.2, 0.25) is 5.91 Å². The van der Waals surface area contributed by atoms with Gasteiger partial charge in [-0.1, -0.05) is 6.07 Å². The zero-order valence-electron chi connectivity index (χ0n) is 17.6. The van der Waals surface area contributed by atoms with Crippen molar-refractivity contribution in [2.45, 2.75) is 31.7 Å². The number of imidazole rings is 1. The van der Waals surface area contributed by atoms with Crippen molar-refractivity contribution < 1.29 is 13.2 Å². The Kier molecular flexibility index (Phi) is 5.58. The molecule has 3 aromatic rings. The lowest BCUT2D eigenvalue weighted by Gasteiger charge is -2.30. The topological polar surface area (TPSA) is 128 Å². The number of carbonyl (C=O) groups excluding carboxylic acids is 1. The van der Waals surface area contributed by atoms with Crippen molar-refractivity contribution in [3.63, 3.8) is 0 Å². The monoisotopic (exact) mass is 444 g/mol. The summed E-state index contributed by atoms with van der Waals surface area (Å²) in [4.78, 5) is 16.9. The second-order valence-electron chi connectivity index (χ2n) is 7.59. The number of carbonyl (C=O) groups is 1. The van der Waals surface area contributed by atoms with Crippen molar-refractivity contribution >= 4 is 21.6 Å². The minimum Gasteiger partial charge on any atom is -0.337 e. The molecule has 0 unspecified atom stereocenters. The molecular formula is C19H24N8O3S. The first-order valence-electron chi connectivity index (χ1n) is 9.92. The van der Waals surface area contributed by atoms with Crippen LogP contribution in [0.25, 0.3) is 5.69 Å². The number of anilines is 1. The Morgan fingerprint density at radius 3 is 2.52 bits per heavy atom. The van der Waals surface area contributed by atoms with E-state index in [9.17, 15) is 13.2 Å². The molecule has 3 heterocycles. The predicted octanol–water partition coefficient (Wildman–Crippen LogP) is 1.05. The van der Waals surface area contributed by atoms with Gasteiger partial charge >= 0.3 is 0 Å². The molecule has 31 heavy (non-hydrogen) atoms. The molecule has 1 N–H and O–H groups in total. The molecule has 1 fully saturated rings. The average molecular weight is 445 g/mol. The minimum atomic E-state index is -3.66. The smallest absolute Gasteiger partial charge is 0.262 e. The van der Waals surface area contributed by atoms with E-state index in [0.29, 0.717) is 30.2 Å². The van der Waals surface area contributed by atoms with Crippen LogP contribution in [0.4, 0.5) is 5.69 Å². The third-order valence-electron chi connectivity index (χ3n) is 5.50. The molecule has 1 amide bonds. The molecule has 1 aromatic carbocycles. The number of aryl methyl sites for hydroxylation is 3. The molecule has 12 heteroatoms. The first-order valence-corrected chi connectivity index (χ1v) is 11.4. The second-order valence-corrected chi connectivity index (χ2v) is 9.48. The van der Waals surface area contributed by atoms with E-state index in [-0.39, 0.29) is 29.9 Å². The number of piperidine rings is 1. The zero-order valence-corrected chi connectivity index (χ0v) is 18.4. The molecule has 1 saturated heterocycles. The van der Waals surface area contributed by atoms with E-state index in [1.807, 2.05) is 12.1 Å². The number of sulfonamides is 1. The fourth-order valence-electron chi connectivity index (χ4n) is 3.57. The number of hydrogen-bond acceptors (Lipinski definition) is 7. The van der Waals surface area contributed by atoms with E-state index in [2.05, 4.69) is 25.8 Å². The molecule has 0 spiro atoms. The van der Waals surface area contributed by atoms with Gasteiger partial charge in [-0.2, -0.15) is 8.99 Å². The Hall–Kier alpha value is -3.12. The van der Waals surface area contributed by atoms with Crippen LogP contribution in [-0.4, -0.2) is 61.5 Å². The van der Waals surface area contributed by atoms with Crippen molar-refractivity contribution in [1.82, 2.24) is 34.1 Å². The van der Waals surface area contributed by atoms with Gasteiger partial charge in [-0.25, -0.2) is 13.4 Å². The van der Waals surface area contributed by atoms with Crippen LogP contribution in [0, 0.1) is 19.8 Å². The number of hydrogen-bond donors (Lipinski definition) is 1. The number of amides is 1. The van der Waals surface area contributed by atoms with Crippen molar-refractivity contribution in [3.8, 4) is 5.69 Å². The van der Waals surface area contributed by atoms with Crippen LogP contribution in [0.15, 0.2) is 35.5 Å². The fraction of sp³-hybridized carbons (Fsp3) is 0.421. The lowest BCUT2D eigenvalue weighted by Crippen LogP contribution is -2.41. The molecule has 0 bridgehead atoms. The molecule has 0 aliphatic carbocycles. The van der Waals surface area contributed by atoms with E-state index in [4.69, 9.17) is 0 Å². The second kappa shape index (κ2) is 8.19. The van der Waals surface area contributed by atoms with Crippen molar-refractivity contribution in [1.29, 1.82) is 0 Å². The van der Waals surface area contributed by atoms with Gasteiger partial charge in [-0.3, -0.25) is 4.79 Å². The van der Waals surface area contributed by atoms with Gasteiger partial charge in [-0.15, -0.1) is 5.10 Å². The first-order chi connectivity index (χ1) is 14.8. The zero-order chi connectivity index (χ0) is 22.2. The van der Waals surface area contributed by atoms with E-state index in [0.717, 1.165) is 5.69 Å². The van der Waals surface area contributed by atoms with Crippen molar-refractivity contribution in [3.05, 3.63) is 42.1 Å². The fourth-order valence-corrected chi connectivity index (χ4v) is 5.07. The van der Waals surface area contributed by atoms with Gasteiger partial charge < -0.3 is 9.88 Å². The van der Waals surface area contributed by atoms with E-state index < -0.39 is 10.0 Å². The molecule has 0 saturated carbocycles. The molecule has 164 valence electrons. The summed E-state index contributed by atoms with van der Waals surface area (Å²) in [6, 6.07) is 7.26. The van der Waals surface area contributed by atoms with E-state index >= 15 is 0 Å². The third kappa shape index (κ3) is 4.21. The van der Waals surface area contributed by atoms with Crippen LogP contribution < -0.4 is 5.32 Å². The number of nitrogens with zero attached hydrogens (tertiary/aromatic N) is 7. The third-order valence-corrected chi connectivity index (χ3v) is 7.27. The SMILES string of the molecule is Cc1nc(S(=O)(=O)N2CCC(C(=O)Nc3cccc(-n4nnnc4C)c3)CC2)cn1C. The van der Waals surface area contributed by atoms with Crippen LogP contribution in [-0.2, 0) is 21.9 Å². The Morgan fingerprint density at radius 1 is 1.16 bits per heavy atom. The highest BCUT2D eigenvalue weighted by Crippen LogP contribution is 2.25. The summed E-state index contributed by atoms with van der Waals surface area (Å²) in [5.74, 6) is 0.874. The number of aromatic nitrogens is 6. The molecule has 0 atom stereocenters. The molecule has 11 nitrogen and oxygen atoms in total. The maximum absolute atomic E-state index is 12.8. The normalized spacial score (nSPS) is 15.8. The minimum absolute atomic E-state index is 0.0464. The summed E-state index contributed by atoms with van der Waals surface area (Å²) in [7, 11) is -1.90. The number of rotatable bonds is 5. The lowest BCUT2D eigenvalue weighted by molar-refractivity contribution is -0.120. The van der Waals surface area contributed by atoms with Gasteiger partial charge in [-0.05, 0) is 55.3 Å². The molecule has 1 aliphatic heterocycles. The van der Waals surface area contributed by atoms with Gasteiger partial charge in [0.1, 0.15) is 5.82 Å². The van der Waals surface area contributed by atoms with Gasteiger partial charge in [0, 0.05) is 37.9 Å². The van der Waals surface area contributed by atoms with Gasteiger partial charge in [0.15, 0.2) is 10.9 Å². The Morgan fingerprint density at radius 2 is 1.90 bits per heavy atom. The number of tetrazole rings is 1. The van der Waals surface area contributed by atoms with Crippen molar-refractivity contribution in [2.75, 3.05) is 18.4 Å². The molecule has 1 aliphatic rings. The summed E-state index contributed by atoms with van der Waals surface area (Å²) in [5.41, 5.74) is 1.38. The van der Waals surface area contributed by atoms with E-state index in [1.165, 1.54) is 10.5 Å². The highest BCUT2D eigenvalue weighted by molar-refractivity contribution is 7.89. The summed E-state index contributed by atoms with van der Waals surface area (Å²) < 4.78 is 30.3. The highest BCUT2D eigenvalue weighted by Gasteiger charge is 2.33. The van der Waals surface area contributed by atoms with Crippen LogP contribution in [0.2, 0.25) is 0 Å². The number of benzene rings is 1. The van der Waals surface area contributed by atoms with E-state index in [1.54, 1.807) is 42.3 Å². The molecular weight excluding hydrogens is 420 g/mol. The maximum Gasteiger partial charge on any atom is 0.262 e.